The van der Waals surface area contributed by atoms with Crippen molar-refractivity contribution in [3.63, 3.8) is 0 Å². The first-order valence-corrected chi connectivity index (χ1v) is 13.5. The summed E-state index contributed by atoms with van der Waals surface area (Å²) in [5, 5.41) is 11.7. The molecule has 1 aliphatic carbocycles. The number of rotatable bonds is 5. The van der Waals surface area contributed by atoms with E-state index in [1.54, 1.807) is 12.3 Å². The van der Waals surface area contributed by atoms with E-state index in [9.17, 15) is 9.50 Å². The molecule has 1 spiro atoms. The summed E-state index contributed by atoms with van der Waals surface area (Å²) in [4.78, 5) is 3.61. The van der Waals surface area contributed by atoms with Crippen molar-refractivity contribution in [1.29, 1.82) is 0 Å². The molecule has 1 N–H and O–H groups in total. The first-order valence-electron chi connectivity index (χ1n) is 13.5. The van der Waals surface area contributed by atoms with Gasteiger partial charge in [-0.15, -0.1) is 0 Å². The van der Waals surface area contributed by atoms with Crippen LogP contribution in [0.15, 0.2) is 42.5 Å². The van der Waals surface area contributed by atoms with Gasteiger partial charge < -0.3 is 9.84 Å². The molecule has 4 heteroatoms. The maximum Gasteiger partial charge on any atom is 0.131 e. The molecule has 0 aromatic heterocycles. The zero-order valence-corrected chi connectivity index (χ0v) is 24.0. The van der Waals surface area contributed by atoms with Crippen LogP contribution >= 0.6 is 0 Å². The average molecular weight is 490 g/mol. The second-order valence-electron chi connectivity index (χ2n) is 9.43. The Bertz CT molecular complexity index is 808. The number of benzene rings is 1. The number of nitrogens with zero attached hydrogens (tertiary/aromatic N) is 1. The fourth-order valence-corrected chi connectivity index (χ4v) is 5.32. The molecule has 0 bridgehead atoms. The highest BCUT2D eigenvalue weighted by Crippen LogP contribution is 2.56. The van der Waals surface area contributed by atoms with Crippen LogP contribution in [0.4, 0.5) is 4.39 Å². The van der Waals surface area contributed by atoms with Gasteiger partial charge in [0.15, 0.2) is 0 Å². The van der Waals surface area contributed by atoms with E-state index >= 15 is 0 Å². The Hall–Kier alpha value is -1.78. The van der Waals surface area contributed by atoms with Gasteiger partial charge in [-0.25, -0.2) is 4.39 Å². The zero-order chi connectivity index (χ0) is 27.3. The SMILES string of the molecule is C=C(c1ccc(C)cc1F)C(O)(CC)C1(C)CCC2(CC1)OCCC2C.C=CN=CC.CC.CC. The summed E-state index contributed by atoms with van der Waals surface area (Å²) in [5.74, 6) is 0.269. The summed E-state index contributed by atoms with van der Waals surface area (Å²) in [6.07, 6.45) is 8.48. The van der Waals surface area contributed by atoms with Crippen LogP contribution in [0.3, 0.4) is 0 Å². The van der Waals surface area contributed by atoms with E-state index in [1.165, 1.54) is 12.3 Å². The van der Waals surface area contributed by atoms with Gasteiger partial charge in [0, 0.05) is 30.0 Å². The molecule has 1 aliphatic heterocycles. The Morgan fingerprint density at radius 3 is 2.17 bits per heavy atom. The molecule has 200 valence electrons. The third kappa shape index (κ3) is 7.60. The minimum absolute atomic E-state index is 0.0232. The standard InChI is InChI=1S/C23H33FO2.C4H7N.2C2H6/c1-6-23(25,18(4)19-8-7-16(2)15-20(19)24)21(5)10-12-22(13-11-21)17(3)9-14-26-22;1-3-5-4-2;2*1-2/h7-8,15,17,25H,4,6,9-14H2,1-3,5H3;3-4H,1H2,2H3;2*1-2H3. The number of aliphatic imine (C=N–C) groups is 1. The predicted molar refractivity (Wildman–Crippen MR) is 152 cm³/mol. The molecular weight excluding hydrogens is 437 g/mol. The van der Waals surface area contributed by atoms with Crippen molar-refractivity contribution in [2.45, 2.75) is 112 Å². The molecule has 2 atom stereocenters. The lowest BCUT2D eigenvalue weighted by Gasteiger charge is -2.52. The van der Waals surface area contributed by atoms with Gasteiger partial charge in [-0.1, -0.05) is 73.8 Å². The van der Waals surface area contributed by atoms with Crippen molar-refractivity contribution in [2.24, 2.45) is 16.3 Å². The van der Waals surface area contributed by atoms with E-state index < -0.39 is 5.60 Å². The van der Waals surface area contributed by atoms with Gasteiger partial charge in [-0.3, -0.25) is 4.99 Å². The normalized spacial score (nSPS) is 26.9. The highest BCUT2D eigenvalue weighted by Gasteiger charge is 2.54. The average Bonchev–Trinajstić information content (AvgIpc) is 3.23. The van der Waals surface area contributed by atoms with Gasteiger partial charge in [0.25, 0.3) is 0 Å². The molecule has 1 saturated heterocycles. The van der Waals surface area contributed by atoms with Crippen LogP contribution in [0.5, 0.6) is 0 Å². The number of halogens is 1. The molecule has 2 aliphatic rings. The number of aryl methyl sites for hydroxylation is 1. The van der Waals surface area contributed by atoms with Crippen LogP contribution in [0.2, 0.25) is 0 Å². The second-order valence-corrected chi connectivity index (χ2v) is 9.43. The highest BCUT2D eigenvalue weighted by atomic mass is 19.1. The Kier molecular flexibility index (Phi) is 14.6. The van der Waals surface area contributed by atoms with E-state index in [0.29, 0.717) is 23.5 Å². The van der Waals surface area contributed by atoms with Gasteiger partial charge in [0.1, 0.15) is 5.82 Å². The van der Waals surface area contributed by atoms with Crippen molar-refractivity contribution in [3.05, 3.63) is 54.5 Å². The predicted octanol–water partition coefficient (Wildman–Crippen LogP) is 8.94. The monoisotopic (exact) mass is 489 g/mol. The summed E-state index contributed by atoms with van der Waals surface area (Å²) >= 11 is 0. The molecule has 3 nitrogen and oxygen atoms in total. The largest absolute Gasteiger partial charge is 0.385 e. The van der Waals surface area contributed by atoms with Crippen molar-refractivity contribution < 1.29 is 14.2 Å². The van der Waals surface area contributed by atoms with Crippen LogP contribution in [0, 0.1) is 24.1 Å². The number of hydrogen-bond donors (Lipinski definition) is 1. The fraction of sp³-hybridized carbons (Fsp3) is 0.645. The lowest BCUT2D eigenvalue weighted by molar-refractivity contribution is -0.117. The third-order valence-corrected chi connectivity index (χ3v) is 7.75. The minimum atomic E-state index is -1.12. The topological polar surface area (TPSA) is 41.8 Å². The molecule has 3 rings (SSSR count). The maximum absolute atomic E-state index is 14.6. The van der Waals surface area contributed by atoms with Crippen molar-refractivity contribution in [1.82, 2.24) is 0 Å². The Balaban J connectivity index is 0.00000112. The van der Waals surface area contributed by atoms with E-state index in [0.717, 1.165) is 44.3 Å². The smallest absolute Gasteiger partial charge is 0.131 e. The van der Waals surface area contributed by atoms with Crippen LogP contribution in [-0.2, 0) is 4.74 Å². The molecule has 35 heavy (non-hydrogen) atoms. The quantitative estimate of drug-likeness (QED) is 0.419. The van der Waals surface area contributed by atoms with Gasteiger partial charge >= 0.3 is 0 Å². The zero-order valence-electron chi connectivity index (χ0n) is 24.0. The second kappa shape index (κ2) is 15.4. The fourth-order valence-electron chi connectivity index (χ4n) is 5.32. The van der Waals surface area contributed by atoms with Crippen molar-refractivity contribution >= 4 is 11.8 Å². The van der Waals surface area contributed by atoms with Gasteiger partial charge in [-0.05, 0) is 75.5 Å². The van der Waals surface area contributed by atoms with Crippen LogP contribution < -0.4 is 0 Å². The molecule has 0 radical (unpaired) electrons. The Labute approximate surface area is 215 Å². The first kappa shape index (κ1) is 33.2. The number of aliphatic hydroxyl groups is 1. The molecule has 2 unspecified atom stereocenters. The van der Waals surface area contributed by atoms with Crippen LogP contribution in [-0.4, -0.2) is 29.1 Å². The van der Waals surface area contributed by atoms with E-state index in [1.807, 2.05) is 54.5 Å². The molecule has 1 aromatic carbocycles. The lowest BCUT2D eigenvalue weighted by atomic mass is 9.56. The van der Waals surface area contributed by atoms with Gasteiger partial charge in [0.05, 0.1) is 11.2 Å². The minimum Gasteiger partial charge on any atom is -0.385 e. The van der Waals surface area contributed by atoms with E-state index in [4.69, 9.17) is 4.74 Å². The summed E-state index contributed by atoms with van der Waals surface area (Å²) in [6.45, 7) is 26.5. The van der Waals surface area contributed by atoms with Crippen LogP contribution in [0.1, 0.15) is 105 Å². The summed E-state index contributed by atoms with van der Waals surface area (Å²) in [5.41, 5.74) is 0.352. The van der Waals surface area contributed by atoms with Crippen molar-refractivity contribution in [2.75, 3.05) is 6.61 Å². The molecular formula is C31H52FNO2. The lowest BCUT2D eigenvalue weighted by Crippen LogP contribution is -2.52. The summed E-state index contributed by atoms with van der Waals surface area (Å²) < 4.78 is 20.7. The first-order chi connectivity index (χ1) is 16.6. The maximum atomic E-state index is 14.6. The Morgan fingerprint density at radius 1 is 1.23 bits per heavy atom. The third-order valence-electron chi connectivity index (χ3n) is 7.75. The van der Waals surface area contributed by atoms with E-state index in [-0.39, 0.29) is 16.8 Å². The van der Waals surface area contributed by atoms with Gasteiger partial charge in [-0.2, -0.15) is 0 Å². The van der Waals surface area contributed by atoms with Gasteiger partial charge in [0.2, 0.25) is 0 Å². The van der Waals surface area contributed by atoms with E-state index in [2.05, 4.69) is 32.0 Å². The number of ether oxygens (including phenoxy) is 1. The Morgan fingerprint density at radius 2 is 1.80 bits per heavy atom. The summed E-state index contributed by atoms with van der Waals surface area (Å²) in [6, 6.07) is 5.15. The molecule has 1 saturated carbocycles. The summed E-state index contributed by atoms with van der Waals surface area (Å²) in [7, 11) is 0. The highest BCUT2D eigenvalue weighted by molar-refractivity contribution is 5.71. The number of hydrogen-bond acceptors (Lipinski definition) is 3. The molecule has 1 aromatic rings. The molecule has 0 amide bonds. The molecule has 1 heterocycles. The van der Waals surface area contributed by atoms with Crippen LogP contribution in [0.25, 0.3) is 5.57 Å². The van der Waals surface area contributed by atoms with Crippen molar-refractivity contribution in [3.8, 4) is 0 Å². The molecule has 2 fully saturated rings.